The van der Waals surface area contributed by atoms with Crippen molar-refractivity contribution in [2.75, 3.05) is 0 Å². The smallest absolute Gasteiger partial charge is 0.258 e. The Bertz CT molecular complexity index is 1060. The minimum Gasteiger partial charge on any atom is -0.258 e. The molecule has 0 aliphatic carbocycles. The van der Waals surface area contributed by atoms with E-state index in [9.17, 15) is 20.2 Å². The Hall–Kier alpha value is -2.49. The zero-order chi connectivity index (χ0) is 21.0. The number of nitrogens with zero attached hydrogens (tertiary/aromatic N) is 4. The lowest BCUT2D eigenvalue weighted by molar-refractivity contribution is -0.385. The maximum absolute atomic E-state index is 10.9. The highest BCUT2D eigenvalue weighted by molar-refractivity contribution is 9.10. The Balaban J connectivity index is 0.000000221. The molecule has 3 aromatic rings. The summed E-state index contributed by atoms with van der Waals surface area (Å²) in [5.41, 5.74) is 2.02. The third kappa shape index (κ3) is 5.28. The first kappa shape index (κ1) is 21.8. The summed E-state index contributed by atoms with van der Waals surface area (Å²) in [7, 11) is 0. The van der Waals surface area contributed by atoms with Gasteiger partial charge in [0.1, 0.15) is 5.69 Å². The molecule has 0 spiro atoms. The van der Waals surface area contributed by atoms with Gasteiger partial charge in [-0.3, -0.25) is 20.2 Å². The lowest BCUT2D eigenvalue weighted by Crippen LogP contribution is -2.03. The summed E-state index contributed by atoms with van der Waals surface area (Å²) in [6.45, 7) is 3.67. The fourth-order valence-corrected chi connectivity index (χ4v) is 3.32. The molecule has 11 heteroatoms. The van der Waals surface area contributed by atoms with Gasteiger partial charge in [0.15, 0.2) is 0 Å². The van der Waals surface area contributed by atoms with Crippen LogP contribution in [-0.2, 0) is 0 Å². The van der Waals surface area contributed by atoms with Gasteiger partial charge in [-0.25, -0.2) is 4.68 Å². The van der Waals surface area contributed by atoms with Crippen LogP contribution in [0.5, 0.6) is 0 Å². The maximum Gasteiger partial charge on any atom is 0.294 e. The molecule has 0 saturated heterocycles. The monoisotopic (exact) mass is 486 g/mol. The molecule has 0 radical (unpaired) electrons. The molecular formula is C17H13BrCl2N4O4. The van der Waals surface area contributed by atoms with Crippen LogP contribution in [0.25, 0.3) is 5.69 Å². The van der Waals surface area contributed by atoms with Gasteiger partial charge in [-0.05, 0) is 60.1 Å². The van der Waals surface area contributed by atoms with Gasteiger partial charge in [0, 0.05) is 27.9 Å². The highest BCUT2D eigenvalue weighted by atomic mass is 79.9. The van der Waals surface area contributed by atoms with Crippen LogP contribution in [0.2, 0.25) is 10.0 Å². The minimum absolute atomic E-state index is 0.0133. The number of aryl methyl sites for hydroxylation is 2. The molecule has 0 atom stereocenters. The number of rotatable bonds is 3. The number of halogens is 3. The van der Waals surface area contributed by atoms with E-state index in [-0.39, 0.29) is 11.4 Å². The van der Waals surface area contributed by atoms with E-state index in [1.807, 2.05) is 19.9 Å². The van der Waals surface area contributed by atoms with Gasteiger partial charge >= 0.3 is 0 Å². The van der Waals surface area contributed by atoms with Crippen molar-refractivity contribution in [3.05, 3.63) is 88.6 Å². The van der Waals surface area contributed by atoms with Crippen LogP contribution in [0.15, 0.2) is 46.9 Å². The van der Waals surface area contributed by atoms with Crippen molar-refractivity contribution in [2.24, 2.45) is 0 Å². The Morgan fingerprint density at radius 2 is 1.46 bits per heavy atom. The van der Waals surface area contributed by atoms with E-state index in [2.05, 4.69) is 21.0 Å². The zero-order valence-electron chi connectivity index (χ0n) is 14.6. The van der Waals surface area contributed by atoms with Crippen molar-refractivity contribution in [3.63, 3.8) is 0 Å². The summed E-state index contributed by atoms with van der Waals surface area (Å²) in [6.07, 6.45) is 0. The summed E-state index contributed by atoms with van der Waals surface area (Å²) in [4.78, 5) is 20.3. The molecule has 0 N–H and O–H groups in total. The molecule has 0 bridgehead atoms. The van der Waals surface area contributed by atoms with Crippen LogP contribution in [0.4, 0.5) is 11.4 Å². The fourth-order valence-electron chi connectivity index (χ4n) is 2.32. The normalized spacial score (nSPS) is 10.2. The highest BCUT2D eigenvalue weighted by Gasteiger charge is 2.17. The second-order valence-electron chi connectivity index (χ2n) is 5.58. The SMILES string of the molecule is Cc1cc(C)n(-c2cc(Cl)ccc2[N+](=O)[O-])n1.O=[N+]([O-])c1ccc(Cl)cc1Br. The largest absolute Gasteiger partial charge is 0.294 e. The quantitative estimate of drug-likeness (QED) is 0.329. The molecule has 0 aliphatic heterocycles. The second kappa shape index (κ2) is 9.13. The summed E-state index contributed by atoms with van der Waals surface area (Å²) in [5, 5.41) is 26.3. The predicted octanol–water partition coefficient (Wildman–Crippen LogP) is 6.06. The average molecular weight is 488 g/mol. The molecule has 0 amide bonds. The van der Waals surface area contributed by atoms with E-state index in [1.165, 1.54) is 35.0 Å². The highest BCUT2D eigenvalue weighted by Crippen LogP contribution is 2.28. The average Bonchev–Trinajstić information content (AvgIpc) is 2.93. The number of hydrogen-bond acceptors (Lipinski definition) is 5. The third-order valence-electron chi connectivity index (χ3n) is 3.48. The number of nitro groups is 2. The number of benzene rings is 2. The summed E-state index contributed by atoms with van der Waals surface area (Å²) in [6, 6.07) is 10.6. The van der Waals surface area contributed by atoms with E-state index in [0.717, 1.165) is 11.4 Å². The predicted molar refractivity (Wildman–Crippen MR) is 111 cm³/mol. The van der Waals surface area contributed by atoms with E-state index < -0.39 is 9.85 Å². The Morgan fingerprint density at radius 1 is 0.929 bits per heavy atom. The first-order valence-corrected chi connectivity index (χ1v) is 9.22. The molecular weight excluding hydrogens is 475 g/mol. The number of nitro benzene ring substituents is 2. The molecule has 0 saturated carbocycles. The van der Waals surface area contributed by atoms with Gasteiger partial charge in [-0.2, -0.15) is 5.10 Å². The Labute approximate surface area is 178 Å². The van der Waals surface area contributed by atoms with E-state index >= 15 is 0 Å². The molecule has 1 aromatic heterocycles. The van der Waals surface area contributed by atoms with Crippen LogP contribution in [0, 0.1) is 34.1 Å². The molecule has 0 unspecified atom stereocenters. The Kier molecular flexibility index (Phi) is 7.11. The lowest BCUT2D eigenvalue weighted by atomic mass is 10.2. The molecule has 2 aromatic carbocycles. The van der Waals surface area contributed by atoms with Crippen molar-refractivity contribution >= 4 is 50.5 Å². The molecule has 8 nitrogen and oxygen atoms in total. The summed E-state index contributed by atoms with van der Waals surface area (Å²) >= 11 is 14.5. The van der Waals surface area contributed by atoms with E-state index in [0.29, 0.717) is 20.2 Å². The second-order valence-corrected chi connectivity index (χ2v) is 7.31. The van der Waals surface area contributed by atoms with Gasteiger partial charge in [-0.15, -0.1) is 0 Å². The Morgan fingerprint density at radius 3 is 1.93 bits per heavy atom. The molecule has 3 rings (SSSR count). The molecule has 0 aliphatic rings. The van der Waals surface area contributed by atoms with Crippen molar-refractivity contribution in [3.8, 4) is 5.69 Å². The lowest BCUT2D eigenvalue weighted by Gasteiger charge is -2.05. The van der Waals surface area contributed by atoms with Crippen LogP contribution >= 0.6 is 39.1 Å². The van der Waals surface area contributed by atoms with E-state index in [4.69, 9.17) is 23.2 Å². The van der Waals surface area contributed by atoms with E-state index in [1.54, 1.807) is 6.07 Å². The third-order valence-corrected chi connectivity index (χ3v) is 4.58. The van der Waals surface area contributed by atoms with Crippen molar-refractivity contribution in [2.45, 2.75) is 13.8 Å². The van der Waals surface area contributed by atoms with Crippen LogP contribution in [0.1, 0.15) is 11.4 Å². The maximum atomic E-state index is 10.9. The zero-order valence-corrected chi connectivity index (χ0v) is 17.7. The first-order valence-electron chi connectivity index (χ1n) is 7.67. The van der Waals surface area contributed by atoms with Crippen LogP contribution in [-0.4, -0.2) is 19.6 Å². The number of aromatic nitrogens is 2. The molecule has 1 heterocycles. The molecule has 0 fully saturated rings. The number of hydrogen-bond donors (Lipinski definition) is 0. The molecule has 28 heavy (non-hydrogen) atoms. The summed E-state index contributed by atoms with van der Waals surface area (Å²) in [5.74, 6) is 0. The minimum atomic E-state index is -0.472. The first-order chi connectivity index (χ1) is 13.1. The van der Waals surface area contributed by atoms with Gasteiger partial charge in [0.2, 0.25) is 0 Å². The van der Waals surface area contributed by atoms with Gasteiger partial charge in [0.05, 0.1) is 20.0 Å². The van der Waals surface area contributed by atoms with Crippen molar-refractivity contribution in [1.82, 2.24) is 9.78 Å². The van der Waals surface area contributed by atoms with Crippen molar-refractivity contribution in [1.29, 1.82) is 0 Å². The topological polar surface area (TPSA) is 104 Å². The fraction of sp³-hybridized carbons (Fsp3) is 0.118. The van der Waals surface area contributed by atoms with Crippen LogP contribution in [0.3, 0.4) is 0 Å². The molecule has 146 valence electrons. The van der Waals surface area contributed by atoms with Gasteiger partial charge in [0.25, 0.3) is 11.4 Å². The van der Waals surface area contributed by atoms with Gasteiger partial charge < -0.3 is 0 Å². The summed E-state index contributed by atoms with van der Waals surface area (Å²) < 4.78 is 1.93. The van der Waals surface area contributed by atoms with Crippen LogP contribution < -0.4 is 0 Å². The van der Waals surface area contributed by atoms with Gasteiger partial charge in [-0.1, -0.05) is 23.2 Å². The standard InChI is InChI=1S/C11H10ClN3O2.C6H3BrClNO2/c1-7-5-8(2)14(13-7)11-6-9(12)3-4-10(11)15(16)17;7-5-3-4(8)1-2-6(5)9(10)11/h3-6H,1-2H3;1-3H. The van der Waals surface area contributed by atoms with Crippen molar-refractivity contribution < 1.29 is 9.85 Å².